The van der Waals surface area contributed by atoms with E-state index in [1.165, 1.54) is 33.9 Å². The van der Waals surface area contributed by atoms with Gasteiger partial charge in [0.05, 0.1) is 17.1 Å². The summed E-state index contributed by atoms with van der Waals surface area (Å²) in [5.41, 5.74) is 6.10. The van der Waals surface area contributed by atoms with Crippen molar-refractivity contribution >= 4 is 16.6 Å². The smallest absolute Gasteiger partial charge is 0.192 e. The zero-order valence-electron chi connectivity index (χ0n) is 17.1. The molecule has 1 aromatic carbocycles. The van der Waals surface area contributed by atoms with Gasteiger partial charge in [0.25, 0.3) is 0 Å². The molecule has 0 bridgehead atoms. The van der Waals surface area contributed by atoms with Crippen molar-refractivity contribution in [2.45, 2.75) is 45.4 Å². The monoisotopic (exact) mass is 391 g/mol. The lowest BCUT2D eigenvalue weighted by Gasteiger charge is -2.23. The Labute approximate surface area is 169 Å². The van der Waals surface area contributed by atoms with Crippen LogP contribution >= 0.6 is 0 Å². The van der Waals surface area contributed by atoms with Crippen LogP contribution in [0.5, 0.6) is 0 Å². The van der Waals surface area contributed by atoms with E-state index in [1.807, 2.05) is 6.07 Å². The van der Waals surface area contributed by atoms with E-state index in [9.17, 15) is 4.39 Å². The molecule has 1 fully saturated rings. The van der Waals surface area contributed by atoms with Gasteiger partial charge in [-0.15, -0.1) is 0 Å². The Morgan fingerprint density at radius 2 is 1.97 bits per heavy atom. The lowest BCUT2D eigenvalue weighted by molar-refractivity contribution is 0.460. The number of aryl methyl sites for hydroxylation is 1. The number of halogens is 1. The summed E-state index contributed by atoms with van der Waals surface area (Å²) in [6.07, 6.45) is 4.14. The molecular formula is C23H26FN5. The summed E-state index contributed by atoms with van der Waals surface area (Å²) < 4.78 is 15.9. The number of benzene rings is 1. The number of hydrogen-bond donors (Lipinski definition) is 2. The first kappa shape index (κ1) is 18.3. The van der Waals surface area contributed by atoms with Gasteiger partial charge < -0.3 is 10.3 Å². The number of fused-ring (bicyclic) bond motifs is 2. The molecule has 5 rings (SSSR count). The van der Waals surface area contributed by atoms with Crippen molar-refractivity contribution in [2.75, 3.05) is 13.1 Å². The Bertz CT molecular complexity index is 1200. The Kier molecular flexibility index (Phi) is 4.39. The van der Waals surface area contributed by atoms with Crippen molar-refractivity contribution in [1.29, 1.82) is 0 Å². The maximum Gasteiger partial charge on any atom is 0.192 e. The lowest BCUT2D eigenvalue weighted by atomic mass is 9.88. The van der Waals surface area contributed by atoms with Crippen molar-refractivity contribution in [2.24, 2.45) is 0 Å². The highest BCUT2D eigenvalue weighted by Gasteiger charge is 2.21. The second-order valence-corrected chi connectivity index (χ2v) is 8.38. The van der Waals surface area contributed by atoms with E-state index in [1.54, 1.807) is 13.1 Å². The summed E-state index contributed by atoms with van der Waals surface area (Å²) in [5, 5.41) is 8.87. The summed E-state index contributed by atoms with van der Waals surface area (Å²) in [5.74, 6) is 0.566. The zero-order valence-corrected chi connectivity index (χ0v) is 17.1. The molecular weight excluding hydrogens is 365 g/mol. The van der Waals surface area contributed by atoms with Gasteiger partial charge in [-0.3, -0.25) is 0 Å². The topological polar surface area (TPSA) is 58.0 Å². The molecule has 29 heavy (non-hydrogen) atoms. The van der Waals surface area contributed by atoms with E-state index in [2.05, 4.69) is 52.4 Å². The van der Waals surface area contributed by atoms with Crippen LogP contribution in [0.2, 0.25) is 0 Å². The van der Waals surface area contributed by atoms with E-state index >= 15 is 0 Å². The molecule has 4 aromatic rings. The fourth-order valence-electron chi connectivity index (χ4n) is 4.59. The fourth-order valence-corrected chi connectivity index (χ4v) is 4.59. The second-order valence-electron chi connectivity index (χ2n) is 8.38. The van der Waals surface area contributed by atoms with Crippen molar-refractivity contribution in [3.8, 4) is 11.4 Å². The predicted octanol–water partition coefficient (Wildman–Crippen LogP) is 4.92. The van der Waals surface area contributed by atoms with Crippen LogP contribution in [-0.4, -0.2) is 32.7 Å². The highest BCUT2D eigenvalue weighted by atomic mass is 19.1. The van der Waals surface area contributed by atoms with E-state index in [4.69, 9.17) is 0 Å². The second kappa shape index (κ2) is 6.95. The van der Waals surface area contributed by atoms with Crippen LogP contribution in [0.25, 0.3) is 27.9 Å². The lowest BCUT2D eigenvalue weighted by Crippen LogP contribution is -2.26. The highest BCUT2D eigenvalue weighted by molar-refractivity contribution is 5.91. The Morgan fingerprint density at radius 3 is 2.72 bits per heavy atom. The molecule has 6 heteroatoms. The summed E-state index contributed by atoms with van der Waals surface area (Å²) in [6.45, 7) is 8.22. The molecule has 4 heterocycles. The van der Waals surface area contributed by atoms with Gasteiger partial charge in [-0.1, -0.05) is 19.9 Å². The van der Waals surface area contributed by atoms with Crippen LogP contribution in [0, 0.1) is 12.7 Å². The van der Waals surface area contributed by atoms with Gasteiger partial charge in [0.15, 0.2) is 11.5 Å². The molecule has 150 valence electrons. The Hall–Kier alpha value is -2.73. The minimum Gasteiger partial charge on any atom is -0.353 e. The van der Waals surface area contributed by atoms with Gasteiger partial charge in [0.2, 0.25) is 0 Å². The Morgan fingerprint density at radius 1 is 1.17 bits per heavy atom. The summed E-state index contributed by atoms with van der Waals surface area (Å²) >= 11 is 0. The van der Waals surface area contributed by atoms with Crippen molar-refractivity contribution < 1.29 is 4.39 Å². The van der Waals surface area contributed by atoms with E-state index in [0.717, 1.165) is 30.0 Å². The molecule has 0 radical (unpaired) electrons. The fraction of sp³-hybridized carbons (Fsp3) is 0.391. The third-order valence-electron chi connectivity index (χ3n) is 6.10. The number of rotatable bonds is 3. The molecule has 1 aliphatic rings. The number of aromatic amines is 1. The first-order chi connectivity index (χ1) is 14.0. The number of aromatic nitrogens is 4. The maximum atomic E-state index is 14.4. The third-order valence-corrected chi connectivity index (χ3v) is 6.10. The van der Waals surface area contributed by atoms with E-state index in [-0.39, 0.29) is 11.5 Å². The maximum absolute atomic E-state index is 14.4. The van der Waals surface area contributed by atoms with Crippen LogP contribution in [0.15, 0.2) is 30.5 Å². The van der Waals surface area contributed by atoms with Gasteiger partial charge in [0, 0.05) is 17.1 Å². The minimum atomic E-state index is -0.359. The molecule has 0 aliphatic carbocycles. The molecule has 0 unspecified atom stereocenters. The van der Waals surface area contributed by atoms with E-state index < -0.39 is 0 Å². The summed E-state index contributed by atoms with van der Waals surface area (Å²) in [4.78, 5) is 8.16. The summed E-state index contributed by atoms with van der Waals surface area (Å²) in [7, 11) is 0. The predicted molar refractivity (Wildman–Crippen MR) is 114 cm³/mol. The number of nitrogens with zero attached hydrogens (tertiary/aromatic N) is 3. The standard InChI is InChI=1S/C23H26FN5/c1-13(2)20-17-12-16(15-6-9-25-10-7-15)4-5-18(17)26-22(20)19-8-11-29-23(27-19)21(24)14(3)28-29/h4-5,8,11-13,15,25-26H,6-7,9-10H2,1-3H3. The molecule has 5 nitrogen and oxygen atoms in total. The SMILES string of the molecule is Cc1nn2ccc(-c3[nH]c4ccc(C5CCNCC5)cc4c3C(C)C)nc2c1F. The number of nitrogens with one attached hydrogen (secondary N) is 2. The Balaban J connectivity index is 1.67. The van der Waals surface area contributed by atoms with Gasteiger partial charge >= 0.3 is 0 Å². The zero-order chi connectivity index (χ0) is 20.1. The van der Waals surface area contributed by atoms with Crippen LogP contribution in [0.4, 0.5) is 4.39 Å². The molecule has 3 aromatic heterocycles. The normalized spacial score (nSPS) is 15.8. The van der Waals surface area contributed by atoms with Crippen LogP contribution in [-0.2, 0) is 0 Å². The van der Waals surface area contributed by atoms with Gasteiger partial charge in [0.1, 0.15) is 0 Å². The van der Waals surface area contributed by atoms with Gasteiger partial charge in [-0.05, 0) is 74.0 Å². The average molecular weight is 391 g/mol. The highest BCUT2D eigenvalue weighted by Crippen LogP contribution is 2.37. The van der Waals surface area contributed by atoms with Gasteiger partial charge in [-0.2, -0.15) is 5.10 Å². The summed E-state index contributed by atoms with van der Waals surface area (Å²) in [6, 6.07) is 8.69. The molecule has 0 saturated carbocycles. The molecule has 0 spiro atoms. The van der Waals surface area contributed by atoms with Crippen molar-refractivity contribution in [3.05, 3.63) is 53.1 Å². The minimum absolute atomic E-state index is 0.267. The van der Waals surface area contributed by atoms with Gasteiger partial charge in [-0.25, -0.2) is 13.9 Å². The first-order valence-corrected chi connectivity index (χ1v) is 10.4. The third kappa shape index (κ3) is 3.02. The van der Waals surface area contributed by atoms with Crippen LogP contribution in [0.3, 0.4) is 0 Å². The van der Waals surface area contributed by atoms with E-state index in [0.29, 0.717) is 17.5 Å². The quantitative estimate of drug-likeness (QED) is 0.521. The van der Waals surface area contributed by atoms with Crippen molar-refractivity contribution in [1.82, 2.24) is 24.9 Å². The molecule has 0 atom stereocenters. The average Bonchev–Trinajstić information content (AvgIpc) is 3.25. The van der Waals surface area contributed by atoms with Crippen LogP contribution < -0.4 is 5.32 Å². The molecule has 1 aliphatic heterocycles. The number of H-pyrrole nitrogens is 1. The molecule has 2 N–H and O–H groups in total. The largest absolute Gasteiger partial charge is 0.353 e. The van der Waals surface area contributed by atoms with Crippen LogP contribution in [0.1, 0.15) is 55.3 Å². The molecule has 0 amide bonds. The number of piperidine rings is 1. The van der Waals surface area contributed by atoms with Crippen molar-refractivity contribution in [3.63, 3.8) is 0 Å². The first-order valence-electron chi connectivity index (χ1n) is 10.4. The number of hydrogen-bond acceptors (Lipinski definition) is 3. The molecule has 1 saturated heterocycles.